The molecule has 2 heterocycles. The third-order valence-corrected chi connectivity index (χ3v) is 7.04. The molecule has 1 N–H and O–H groups in total. The van der Waals surface area contributed by atoms with Crippen molar-refractivity contribution < 1.29 is 5.11 Å². The van der Waals surface area contributed by atoms with Crippen LogP contribution in [-0.2, 0) is 12.1 Å². The molecule has 3 rings (SSSR count). The van der Waals surface area contributed by atoms with Gasteiger partial charge in [-0.15, -0.1) is 11.3 Å². The maximum absolute atomic E-state index is 11.1. The van der Waals surface area contributed by atoms with Crippen LogP contribution in [0.2, 0.25) is 0 Å². The molecule has 1 aliphatic carbocycles. The van der Waals surface area contributed by atoms with Gasteiger partial charge in [0, 0.05) is 25.0 Å². The van der Waals surface area contributed by atoms with Gasteiger partial charge in [0.05, 0.1) is 12.2 Å². The van der Waals surface area contributed by atoms with Crippen molar-refractivity contribution in [2.75, 3.05) is 32.7 Å². The van der Waals surface area contributed by atoms with Crippen molar-refractivity contribution in [1.29, 1.82) is 0 Å². The summed E-state index contributed by atoms with van der Waals surface area (Å²) in [5, 5.41) is 14.4. The van der Waals surface area contributed by atoms with Gasteiger partial charge in [0.1, 0.15) is 10.6 Å². The first kappa shape index (κ1) is 19.3. The van der Waals surface area contributed by atoms with Crippen LogP contribution in [0.5, 0.6) is 0 Å². The molecule has 5 heteroatoms. The van der Waals surface area contributed by atoms with Gasteiger partial charge in [0.2, 0.25) is 0 Å². The van der Waals surface area contributed by atoms with Crippen LogP contribution in [0.15, 0.2) is 5.38 Å². The standard InChI is InChI=1S/C20H35N3OS/c1-3-22(4-2)15-19-21-18(16-25-19)20(24)10-12-23(13-11-20)14-17-8-6-5-7-9-17/h16-17,24H,3-15H2,1-2H3. The molecule has 1 saturated heterocycles. The molecular weight excluding hydrogens is 330 g/mol. The summed E-state index contributed by atoms with van der Waals surface area (Å²) in [5.41, 5.74) is 0.207. The van der Waals surface area contributed by atoms with Gasteiger partial charge in [-0.25, -0.2) is 4.98 Å². The van der Waals surface area contributed by atoms with Crippen LogP contribution < -0.4 is 0 Å². The lowest BCUT2D eigenvalue weighted by Gasteiger charge is -2.39. The van der Waals surface area contributed by atoms with Gasteiger partial charge in [0.15, 0.2) is 0 Å². The molecule has 142 valence electrons. The molecule has 1 aromatic rings. The minimum Gasteiger partial charge on any atom is -0.383 e. The van der Waals surface area contributed by atoms with Crippen molar-refractivity contribution in [3.05, 3.63) is 16.1 Å². The molecule has 0 spiro atoms. The molecule has 4 nitrogen and oxygen atoms in total. The molecule has 0 aromatic carbocycles. The van der Waals surface area contributed by atoms with Crippen LogP contribution in [0.1, 0.15) is 69.5 Å². The average molecular weight is 366 g/mol. The normalized spacial score (nSPS) is 22.6. The van der Waals surface area contributed by atoms with E-state index in [1.54, 1.807) is 11.3 Å². The molecule has 25 heavy (non-hydrogen) atoms. The summed E-state index contributed by atoms with van der Waals surface area (Å²) in [6.07, 6.45) is 8.72. The van der Waals surface area contributed by atoms with E-state index in [4.69, 9.17) is 4.98 Å². The summed E-state index contributed by atoms with van der Waals surface area (Å²) in [5.74, 6) is 0.889. The number of thiazole rings is 1. The molecule has 0 unspecified atom stereocenters. The van der Waals surface area contributed by atoms with Crippen LogP contribution in [0.25, 0.3) is 0 Å². The first-order valence-corrected chi connectivity index (χ1v) is 11.1. The second kappa shape index (κ2) is 8.94. The Balaban J connectivity index is 1.52. The molecule has 2 aliphatic rings. The van der Waals surface area contributed by atoms with Crippen LogP contribution in [0.3, 0.4) is 0 Å². The minimum absolute atomic E-state index is 0.707. The zero-order chi connectivity index (χ0) is 17.7. The quantitative estimate of drug-likeness (QED) is 0.797. The van der Waals surface area contributed by atoms with Gasteiger partial charge < -0.3 is 10.0 Å². The summed E-state index contributed by atoms with van der Waals surface area (Å²) in [6, 6.07) is 0. The van der Waals surface area contributed by atoms with Gasteiger partial charge in [-0.3, -0.25) is 4.90 Å². The molecule has 0 radical (unpaired) electrons. The topological polar surface area (TPSA) is 39.6 Å². The maximum Gasteiger partial charge on any atom is 0.110 e. The van der Waals surface area contributed by atoms with Crippen molar-refractivity contribution in [2.45, 2.75) is 70.9 Å². The Morgan fingerprint density at radius 3 is 2.52 bits per heavy atom. The monoisotopic (exact) mass is 365 g/mol. The Morgan fingerprint density at radius 1 is 1.20 bits per heavy atom. The van der Waals surface area contributed by atoms with E-state index in [0.29, 0.717) is 0 Å². The smallest absolute Gasteiger partial charge is 0.110 e. The number of aliphatic hydroxyl groups is 1. The lowest BCUT2D eigenvalue weighted by atomic mass is 9.86. The highest BCUT2D eigenvalue weighted by Gasteiger charge is 2.36. The van der Waals surface area contributed by atoms with E-state index in [-0.39, 0.29) is 0 Å². The van der Waals surface area contributed by atoms with Gasteiger partial charge >= 0.3 is 0 Å². The van der Waals surface area contributed by atoms with Crippen LogP contribution >= 0.6 is 11.3 Å². The lowest BCUT2D eigenvalue weighted by molar-refractivity contribution is -0.0327. The maximum atomic E-state index is 11.1. The third kappa shape index (κ3) is 5.03. The second-order valence-corrected chi connectivity index (χ2v) is 8.87. The summed E-state index contributed by atoms with van der Waals surface area (Å²) in [4.78, 5) is 9.74. The minimum atomic E-state index is -0.707. The summed E-state index contributed by atoms with van der Waals surface area (Å²) >= 11 is 1.70. The number of hydrogen-bond donors (Lipinski definition) is 1. The molecule has 1 saturated carbocycles. The highest BCUT2D eigenvalue weighted by molar-refractivity contribution is 7.09. The van der Waals surface area contributed by atoms with E-state index in [1.165, 1.54) is 38.6 Å². The number of nitrogens with zero attached hydrogens (tertiary/aromatic N) is 3. The molecule has 0 amide bonds. The van der Waals surface area contributed by atoms with Crippen LogP contribution in [0, 0.1) is 5.92 Å². The van der Waals surface area contributed by atoms with Crippen molar-refractivity contribution in [3.63, 3.8) is 0 Å². The Hall–Kier alpha value is -0.490. The van der Waals surface area contributed by atoms with Crippen LogP contribution in [-0.4, -0.2) is 52.6 Å². The van der Waals surface area contributed by atoms with Gasteiger partial charge in [-0.2, -0.15) is 0 Å². The van der Waals surface area contributed by atoms with E-state index >= 15 is 0 Å². The Labute approximate surface area is 157 Å². The third-order valence-electron chi connectivity index (χ3n) is 6.21. The summed E-state index contributed by atoms with van der Waals surface area (Å²) < 4.78 is 0. The fourth-order valence-corrected chi connectivity index (χ4v) is 5.26. The molecule has 0 atom stereocenters. The van der Waals surface area contributed by atoms with E-state index in [9.17, 15) is 5.11 Å². The van der Waals surface area contributed by atoms with Crippen molar-refractivity contribution >= 4 is 11.3 Å². The SMILES string of the molecule is CCN(CC)Cc1nc(C2(O)CCN(CC3CCCCC3)CC2)cs1. The molecule has 2 fully saturated rings. The molecular formula is C20H35N3OS. The predicted octanol–water partition coefficient (Wildman–Crippen LogP) is 3.85. The predicted molar refractivity (Wildman–Crippen MR) is 105 cm³/mol. The number of piperidine rings is 1. The van der Waals surface area contributed by atoms with E-state index in [2.05, 4.69) is 29.0 Å². The highest BCUT2D eigenvalue weighted by Crippen LogP contribution is 2.34. The number of rotatable bonds is 7. The first-order valence-electron chi connectivity index (χ1n) is 10.2. The van der Waals surface area contributed by atoms with Gasteiger partial charge in [-0.05, 0) is 44.7 Å². The fourth-order valence-electron chi connectivity index (χ4n) is 4.33. The number of hydrogen-bond acceptors (Lipinski definition) is 5. The van der Waals surface area contributed by atoms with E-state index in [0.717, 1.165) is 62.2 Å². The Bertz CT molecular complexity index is 515. The van der Waals surface area contributed by atoms with E-state index < -0.39 is 5.60 Å². The molecule has 1 aromatic heterocycles. The van der Waals surface area contributed by atoms with E-state index in [1.807, 2.05) is 0 Å². The molecule has 0 bridgehead atoms. The fraction of sp³-hybridized carbons (Fsp3) is 0.850. The average Bonchev–Trinajstić information content (AvgIpc) is 3.12. The van der Waals surface area contributed by atoms with Crippen molar-refractivity contribution in [1.82, 2.24) is 14.8 Å². The zero-order valence-electron chi connectivity index (χ0n) is 16.0. The van der Waals surface area contributed by atoms with Crippen molar-refractivity contribution in [3.8, 4) is 0 Å². The Morgan fingerprint density at radius 2 is 1.88 bits per heavy atom. The largest absolute Gasteiger partial charge is 0.383 e. The zero-order valence-corrected chi connectivity index (χ0v) is 16.9. The number of likely N-dealkylation sites (tertiary alicyclic amines) is 1. The Kier molecular flexibility index (Phi) is 6.89. The van der Waals surface area contributed by atoms with Gasteiger partial charge in [0.25, 0.3) is 0 Å². The van der Waals surface area contributed by atoms with Gasteiger partial charge in [-0.1, -0.05) is 33.1 Å². The lowest BCUT2D eigenvalue weighted by Crippen LogP contribution is -2.44. The molecule has 1 aliphatic heterocycles. The van der Waals surface area contributed by atoms with Crippen LogP contribution in [0.4, 0.5) is 0 Å². The van der Waals surface area contributed by atoms with Crippen molar-refractivity contribution in [2.24, 2.45) is 5.92 Å². The summed E-state index contributed by atoms with van der Waals surface area (Å²) in [6.45, 7) is 10.6. The number of aromatic nitrogens is 1. The second-order valence-electron chi connectivity index (χ2n) is 7.92. The highest BCUT2D eigenvalue weighted by atomic mass is 32.1. The first-order chi connectivity index (χ1) is 12.1. The summed E-state index contributed by atoms with van der Waals surface area (Å²) in [7, 11) is 0.